The standard InChI is InChI=1S/C20H24ClNO2/c1-4-9-22-13-17-11-19(23-5-2)20(12-18(17)21)24-14-16-8-6-7-15(3)10-16/h4,6-8,10-12,22H,1,5,9,13-14H2,2-3H3. The maximum atomic E-state index is 6.39. The first kappa shape index (κ1) is 18.4. The molecule has 0 amide bonds. The van der Waals surface area contributed by atoms with Gasteiger partial charge in [0.1, 0.15) is 6.61 Å². The molecule has 3 nitrogen and oxygen atoms in total. The zero-order valence-electron chi connectivity index (χ0n) is 14.3. The second-order valence-corrected chi connectivity index (χ2v) is 5.93. The fraction of sp³-hybridized carbons (Fsp3) is 0.300. The van der Waals surface area contributed by atoms with E-state index in [-0.39, 0.29) is 0 Å². The van der Waals surface area contributed by atoms with Crippen molar-refractivity contribution in [3.63, 3.8) is 0 Å². The Morgan fingerprint density at radius 2 is 1.96 bits per heavy atom. The van der Waals surface area contributed by atoms with E-state index in [0.29, 0.717) is 36.3 Å². The fourth-order valence-electron chi connectivity index (χ4n) is 2.37. The van der Waals surface area contributed by atoms with Crippen LogP contribution in [0.3, 0.4) is 0 Å². The third kappa shape index (κ3) is 5.29. The summed E-state index contributed by atoms with van der Waals surface area (Å²) in [5.41, 5.74) is 3.30. The SMILES string of the molecule is C=CCNCc1cc(OCC)c(OCc2cccc(C)c2)cc1Cl. The summed E-state index contributed by atoms with van der Waals surface area (Å²) in [6, 6.07) is 12.0. The Bertz CT molecular complexity index is 685. The van der Waals surface area contributed by atoms with E-state index < -0.39 is 0 Å². The van der Waals surface area contributed by atoms with Crippen LogP contribution in [-0.4, -0.2) is 13.2 Å². The number of benzene rings is 2. The van der Waals surface area contributed by atoms with Crippen LogP contribution in [0, 0.1) is 6.92 Å². The van der Waals surface area contributed by atoms with Gasteiger partial charge in [0.05, 0.1) is 6.61 Å². The van der Waals surface area contributed by atoms with Crippen LogP contribution >= 0.6 is 11.6 Å². The summed E-state index contributed by atoms with van der Waals surface area (Å²) in [6.07, 6.45) is 1.82. The Labute approximate surface area is 149 Å². The first-order valence-electron chi connectivity index (χ1n) is 8.09. The van der Waals surface area contributed by atoms with Gasteiger partial charge in [0.25, 0.3) is 0 Å². The van der Waals surface area contributed by atoms with Crippen molar-refractivity contribution >= 4 is 11.6 Å². The molecule has 0 spiro atoms. The Morgan fingerprint density at radius 1 is 1.17 bits per heavy atom. The molecular weight excluding hydrogens is 322 g/mol. The lowest BCUT2D eigenvalue weighted by Crippen LogP contribution is -2.13. The minimum absolute atomic E-state index is 0.478. The maximum absolute atomic E-state index is 6.39. The van der Waals surface area contributed by atoms with E-state index in [4.69, 9.17) is 21.1 Å². The average Bonchev–Trinajstić information content (AvgIpc) is 2.56. The molecule has 0 aliphatic rings. The first-order valence-corrected chi connectivity index (χ1v) is 8.47. The van der Waals surface area contributed by atoms with Gasteiger partial charge in [-0.1, -0.05) is 47.5 Å². The molecule has 0 radical (unpaired) electrons. The highest BCUT2D eigenvalue weighted by molar-refractivity contribution is 6.31. The highest BCUT2D eigenvalue weighted by Crippen LogP contribution is 2.34. The number of hydrogen-bond acceptors (Lipinski definition) is 3. The normalized spacial score (nSPS) is 10.5. The van der Waals surface area contributed by atoms with Crippen molar-refractivity contribution in [1.82, 2.24) is 5.32 Å². The van der Waals surface area contributed by atoms with Gasteiger partial charge >= 0.3 is 0 Å². The lowest BCUT2D eigenvalue weighted by Gasteiger charge is -2.15. The molecule has 128 valence electrons. The number of halogens is 1. The van der Waals surface area contributed by atoms with Gasteiger partial charge in [0, 0.05) is 24.2 Å². The van der Waals surface area contributed by atoms with Crippen molar-refractivity contribution in [3.8, 4) is 11.5 Å². The van der Waals surface area contributed by atoms with Gasteiger partial charge < -0.3 is 14.8 Å². The third-order valence-electron chi connectivity index (χ3n) is 3.49. The van der Waals surface area contributed by atoms with Gasteiger partial charge in [-0.3, -0.25) is 0 Å². The number of ether oxygens (including phenoxy) is 2. The molecule has 1 N–H and O–H groups in total. The molecule has 2 rings (SSSR count). The van der Waals surface area contributed by atoms with Gasteiger partial charge in [0.2, 0.25) is 0 Å². The van der Waals surface area contributed by atoms with Crippen LogP contribution in [0.4, 0.5) is 0 Å². The van der Waals surface area contributed by atoms with Gasteiger partial charge in [-0.15, -0.1) is 6.58 Å². The van der Waals surface area contributed by atoms with Crippen LogP contribution in [-0.2, 0) is 13.2 Å². The minimum atomic E-state index is 0.478. The van der Waals surface area contributed by atoms with Crippen LogP contribution in [0.25, 0.3) is 0 Å². The van der Waals surface area contributed by atoms with Crippen LogP contribution in [0.15, 0.2) is 49.1 Å². The van der Waals surface area contributed by atoms with E-state index in [1.807, 2.05) is 37.3 Å². The Kier molecular flexibility index (Phi) is 7.16. The lowest BCUT2D eigenvalue weighted by atomic mass is 10.1. The van der Waals surface area contributed by atoms with E-state index in [2.05, 4.69) is 31.0 Å². The number of nitrogens with one attached hydrogen (secondary N) is 1. The molecule has 0 saturated heterocycles. The molecule has 0 heterocycles. The van der Waals surface area contributed by atoms with Gasteiger partial charge in [-0.05, 0) is 31.0 Å². The van der Waals surface area contributed by atoms with Gasteiger partial charge in [0.15, 0.2) is 11.5 Å². The highest BCUT2D eigenvalue weighted by Gasteiger charge is 2.11. The third-order valence-corrected chi connectivity index (χ3v) is 3.85. The summed E-state index contributed by atoms with van der Waals surface area (Å²) in [5, 5.41) is 3.91. The van der Waals surface area contributed by atoms with E-state index >= 15 is 0 Å². The Morgan fingerprint density at radius 3 is 2.67 bits per heavy atom. The van der Waals surface area contributed by atoms with Crippen LogP contribution in [0.2, 0.25) is 5.02 Å². The van der Waals surface area contributed by atoms with Crippen molar-refractivity contribution in [3.05, 3.63) is 70.8 Å². The second-order valence-electron chi connectivity index (χ2n) is 5.52. The lowest BCUT2D eigenvalue weighted by molar-refractivity contribution is 0.269. The molecule has 0 aliphatic carbocycles. The summed E-state index contributed by atoms with van der Waals surface area (Å²) < 4.78 is 11.7. The van der Waals surface area contributed by atoms with Gasteiger partial charge in [-0.2, -0.15) is 0 Å². The summed E-state index contributed by atoms with van der Waals surface area (Å²) in [6.45, 7) is 10.1. The molecule has 4 heteroatoms. The number of rotatable bonds is 9. The molecule has 2 aromatic carbocycles. The molecule has 0 saturated carbocycles. The molecule has 0 atom stereocenters. The fourth-order valence-corrected chi connectivity index (χ4v) is 2.59. The van der Waals surface area contributed by atoms with Crippen molar-refractivity contribution in [2.45, 2.75) is 27.0 Å². The van der Waals surface area contributed by atoms with E-state index in [9.17, 15) is 0 Å². The van der Waals surface area contributed by atoms with E-state index in [0.717, 1.165) is 17.7 Å². The van der Waals surface area contributed by atoms with Crippen LogP contribution in [0.1, 0.15) is 23.6 Å². The second kappa shape index (κ2) is 9.36. The first-order chi connectivity index (χ1) is 11.6. The largest absolute Gasteiger partial charge is 0.490 e. The van der Waals surface area contributed by atoms with E-state index in [1.54, 1.807) is 0 Å². The molecule has 0 aliphatic heterocycles. The molecular formula is C20H24ClNO2. The molecule has 0 fully saturated rings. The molecule has 2 aromatic rings. The van der Waals surface area contributed by atoms with Crippen molar-refractivity contribution in [2.75, 3.05) is 13.2 Å². The quantitative estimate of drug-likeness (QED) is 0.518. The monoisotopic (exact) mass is 345 g/mol. The molecule has 0 bridgehead atoms. The smallest absolute Gasteiger partial charge is 0.163 e. The maximum Gasteiger partial charge on any atom is 0.163 e. The average molecular weight is 346 g/mol. The minimum Gasteiger partial charge on any atom is -0.490 e. The summed E-state index contributed by atoms with van der Waals surface area (Å²) >= 11 is 6.39. The topological polar surface area (TPSA) is 30.5 Å². The summed E-state index contributed by atoms with van der Waals surface area (Å²) in [5.74, 6) is 1.38. The molecule has 0 aromatic heterocycles. The van der Waals surface area contributed by atoms with Crippen molar-refractivity contribution < 1.29 is 9.47 Å². The Balaban J connectivity index is 2.15. The van der Waals surface area contributed by atoms with Crippen molar-refractivity contribution in [1.29, 1.82) is 0 Å². The van der Waals surface area contributed by atoms with Crippen molar-refractivity contribution in [2.24, 2.45) is 0 Å². The zero-order valence-corrected chi connectivity index (χ0v) is 15.0. The highest BCUT2D eigenvalue weighted by atomic mass is 35.5. The number of aryl methyl sites for hydroxylation is 1. The summed E-state index contributed by atoms with van der Waals surface area (Å²) in [7, 11) is 0. The van der Waals surface area contributed by atoms with Crippen LogP contribution < -0.4 is 14.8 Å². The predicted octanol–water partition coefficient (Wildman–Crippen LogP) is 4.90. The van der Waals surface area contributed by atoms with Gasteiger partial charge in [-0.25, -0.2) is 0 Å². The van der Waals surface area contributed by atoms with E-state index in [1.165, 1.54) is 5.56 Å². The van der Waals surface area contributed by atoms with Crippen LogP contribution in [0.5, 0.6) is 11.5 Å². The zero-order chi connectivity index (χ0) is 17.4. The summed E-state index contributed by atoms with van der Waals surface area (Å²) in [4.78, 5) is 0. The number of hydrogen-bond donors (Lipinski definition) is 1. The molecule has 0 unspecified atom stereocenters. The Hall–Kier alpha value is -1.97. The predicted molar refractivity (Wildman–Crippen MR) is 100 cm³/mol. The molecule has 24 heavy (non-hydrogen) atoms.